The van der Waals surface area contributed by atoms with Gasteiger partial charge in [0.1, 0.15) is 18.2 Å². The Morgan fingerprint density at radius 2 is 1.72 bits per heavy atom. The van der Waals surface area contributed by atoms with Gasteiger partial charge in [-0.05, 0) is 60.5 Å². The van der Waals surface area contributed by atoms with E-state index in [0.29, 0.717) is 18.2 Å². The molecule has 0 heterocycles. The quantitative estimate of drug-likeness (QED) is 0.587. The van der Waals surface area contributed by atoms with E-state index in [9.17, 15) is 4.39 Å². The summed E-state index contributed by atoms with van der Waals surface area (Å²) < 4.78 is 19.0. The molecule has 4 heteroatoms. The number of nitrogens with one attached hydrogen (secondary N) is 1. The van der Waals surface area contributed by atoms with Crippen molar-refractivity contribution in [1.29, 1.82) is 0 Å². The highest BCUT2D eigenvalue weighted by Gasteiger charge is 2.07. The molecule has 0 unspecified atom stereocenters. The maximum absolute atomic E-state index is 13.0. The minimum absolute atomic E-state index is 0.254. The molecule has 0 amide bonds. The Bertz CT molecular complexity index is 849. The molecule has 128 valence electrons. The third-order valence-electron chi connectivity index (χ3n) is 3.99. The molecule has 2 nitrogen and oxygen atoms in total. The highest BCUT2D eigenvalue weighted by molar-refractivity contribution is 6.30. The molecule has 0 radical (unpaired) electrons. The lowest BCUT2D eigenvalue weighted by atomic mass is 10.1. The van der Waals surface area contributed by atoms with E-state index in [1.165, 1.54) is 17.7 Å². The van der Waals surface area contributed by atoms with Crippen LogP contribution < -0.4 is 10.1 Å². The molecule has 0 fully saturated rings. The standard InChI is InChI=1S/C21H19ClFNO/c1-15-4-2-3-5-16(15)14-25-21-11-6-18(22)12-17(21)13-24-20-9-7-19(23)8-10-20/h2-12,24H,13-14H2,1H3. The second kappa shape index (κ2) is 8.04. The van der Waals surface area contributed by atoms with Crippen LogP contribution in [0.2, 0.25) is 5.02 Å². The molecule has 0 aliphatic heterocycles. The first-order chi connectivity index (χ1) is 12.1. The number of benzene rings is 3. The molecule has 0 aliphatic carbocycles. The fourth-order valence-corrected chi connectivity index (χ4v) is 2.71. The SMILES string of the molecule is Cc1ccccc1COc1ccc(Cl)cc1CNc1ccc(F)cc1. The monoisotopic (exact) mass is 355 g/mol. The number of hydrogen-bond acceptors (Lipinski definition) is 2. The Kier molecular flexibility index (Phi) is 5.56. The van der Waals surface area contributed by atoms with Crippen LogP contribution in [0, 0.1) is 12.7 Å². The number of aryl methyl sites for hydroxylation is 1. The minimum atomic E-state index is -0.254. The molecule has 1 N–H and O–H groups in total. The van der Waals surface area contributed by atoms with Crippen molar-refractivity contribution < 1.29 is 9.13 Å². The second-order valence-electron chi connectivity index (χ2n) is 5.83. The van der Waals surface area contributed by atoms with Crippen molar-refractivity contribution in [1.82, 2.24) is 0 Å². The number of rotatable bonds is 6. The molecule has 3 aromatic carbocycles. The summed E-state index contributed by atoms with van der Waals surface area (Å²) in [4.78, 5) is 0. The van der Waals surface area contributed by atoms with Gasteiger partial charge in [0.25, 0.3) is 0 Å². The van der Waals surface area contributed by atoms with Crippen molar-refractivity contribution in [2.75, 3.05) is 5.32 Å². The Morgan fingerprint density at radius 3 is 2.48 bits per heavy atom. The van der Waals surface area contributed by atoms with Crippen LogP contribution in [0.3, 0.4) is 0 Å². The Morgan fingerprint density at radius 1 is 0.960 bits per heavy atom. The first-order valence-corrected chi connectivity index (χ1v) is 8.45. The molecule has 0 saturated carbocycles. The van der Waals surface area contributed by atoms with Gasteiger partial charge in [-0.15, -0.1) is 0 Å². The van der Waals surface area contributed by atoms with E-state index in [2.05, 4.69) is 24.4 Å². The summed E-state index contributed by atoms with van der Waals surface area (Å²) in [6, 6.07) is 20.0. The molecule has 3 aromatic rings. The van der Waals surface area contributed by atoms with Crippen LogP contribution in [0.5, 0.6) is 5.75 Å². The molecular formula is C21H19ClFNO. The van der Waals surface area contributed by atoms with E-state index in [1.807, 2.05) is 30.3 Å². The van der Waals surface area contributed by atoms with E-state index < -0.39 is 0 Å². The summed E-state index contributed by atoms with van der Waals surface area (Å²) in [6.07, 6.45) is 0. The third kappa shape index (κ3) is 4.74. The van der Waals surface area contributed by atoms with Crippen LogP contribution in [0.4, 0.5) is 10.1 Å². The van der Waals surface area contributed by atoms with Crippen LogP contribution in [-0.4, -0.2) is 0 Å². The highest BCUT2D eigenvalue weighted by Crippen LogP contribution is 2.25. The predicted octanol–water partition coefficient (Wildman–Crippen LogP) is 5.98. The predicted molar refractivity (Wildman–Crippen MR) is 101 cm³/mol. The number of ether oxygens (including phenoxy) is 1. The van der Waals surface area contributed by atoms with Crippen LogP contribution in [-0.2, 0) is 13.2 Å². The van der Waals surface area contributed by atoms with Gasteiger partial charge >= 0.3 is 0 Å². The van der Waals surface area contributed by atoms with Gasteiger partial charge in [0.2, 0.25) is 0 Å². The Balaban J connectivity index is 1.71. The van der Waals surface area contributed by atoms with Crippen molar-refractivity contribution in [3.63, 3.8) is 0 Å². The summed E-state index contributed by atoms with van der Waals surface area (Å²) in [5.74, 6) is 0.526. The first kappa shape index (κ1) is 17.3. The Labute approximate surface area is 152 Å². The normalized spacial score (nSPS) is 10.5. The topological polar surface area (TPSA) is 21.3 Å². The molecule has 0 saturated heterocycles. The second-order valence-corrected chi connectivity index (χ2v) is 6.26. The zero-order valence-corrected chi connectivity index (χ0v) is 14.7. The van der Waals surface area contributed by atoms with Crippen molar-refractivity contribution in [3.8, 4) is 5.75 Å². The molecule has 3 rings (SSSR count). The van der Waals surface area contributed by atoms with Crippen molar-refractivity contribution in [2.24, 2.45) is 0 Å². The van der Waals surface area contributed by atoms with Gasteiger partial charge in [-0.2, -0.15) is 0 Å². The van der Waals surface area contributed by atoms with E-state index in [4.69, 9.17) is 16.3 Å². The lowest BCUT2D eigenvalue weighted by Crippen LogP contribution is -2.04. The largest absolute Gasteiger partial charge is 0.489 e. The fraction of sp³-hybridized carbons (Fsp3) is 0.143. The molecular weight excluding hydrogens is 337 g/mol. The van der Waals surface area contributed by atoms with E-state index in [1.54, 1.807) is 12.1 Å². The Hall–Kier alpha value is -2.52. The summed E-state index contributed by atoms with van der Waals surface area (Å²) in [7, 11) is 0. The van der Waals surface area contributed by atoms with E-state index in [-0.39, 0.29) is 5.82 Å². The van der Waals surface area contributed by atoms with Crippen molar-refractivity contribution >= 4 is 17.3 Å². The number of hydrogen-bond donors (Lipinski definition) is 1. The van der Waals surface area contributed by atoms with Crippen molar-refractivity contribution in [2.45, 2.75) is 20.1 Å². The first-order valence-electron chi connectivity index (χ1n) is 8.07. The summed E-state index contributed by atoms with van der Waals surface area (Å²) in [5.41, 5.74) is 4.13. The fourth-order valence-electron chi connectivity index (χ4n) is 2.52. The van der Waals surface area contributed by atoms with Crippen LogP contribution >= 0.6 is 11.6 Å². The van der Waals surface area contributed by atoms with Crippen LogP contribution in [0.1, 0.15) is 16.7 Å². The van der Waals surface area contributed by atoms with Gasteiger partial charge in [-0.1, -0.05) is 35.9 Å². The zero-order valence-electron chi connectivity index (χ0n) is 13.9. The molecule has 25 heavy (non-hydrogen) atoms. The molecule has 0 aromatic heterocycles. The third-order valence-corrected chi connectivity index (χ3v) is 4.23. The average molecular weight is 356 g/mol. The van der Waals surface area contributed by atoms with E-state index in [0.717, 1.165) is 22.6 Å². The highest BCUT2D eigenvalue weighted by atomic mass is 35.5. The number of anilines is 1. The van der Waals surface area contributed by atoms with Gasteiger partial charge < -0.3 is 10.1 Å². The zero-order chi connectivity index (χ0) is 17.6. The minimum Gasteiger partial charge on any atom is -0.489 e. The van der Waals surface area contributed by atoms with Crippen LogP contribution in [0.25, 0.3) is 0 Å². The molecule has 0 spiro atoms. The summed E-state index contributed by atoms with van der Waals surface area (Å²) >= 11 is 6.13. The molecule has 0 bridgehead atoms. The summed E-state index contributed by atoms with van der Waals surface area (Å²) in [6.45, 7) is 3.10. The van der Waals surface area contributed by atoms with Gasteiger partial charge in [0, 0.05) is 22.8 Å². The van der Waals surface area contributed by atoms with Gasteiger partial charge in [-0.3, -0.25) is 0 Å². The molecule has 0 atom stereocenters. The van der Waals surface area contributed by atoms with E-state index >= 15 is 0 Å². The van der Waals surface area contributed by atoms with Gasteiger partial charge in [-0.25, -0.2) is 4.39 Å². The smallest absolute Gasteiger partial charge is 0.124 e. The average Bonchev–Trinajstić information content (AvgIpc) is 2.62. The van der Waals surface area contributed by atoms with Crippen molar-refractivity contribution in [3.05, 3.63) is 94.3 Å². The van der Waals surface area contributed by atoms with Gasteiger partial charge in [0.05, 0.1) is 0 Å². The lowest BCUT2D eigenvalue weighted by Gasteiger charge is -2.14. The maximum Gasteiger partial charge on any atom is 0.124 e. The number of halogens is 2. The van der Waals surface area contributed by atoms with Gasteiger partial charge in [0.15, 0.2) is 0 Å². The maximum atomic E-state index is 13.0. The summed E-state index contributed by atoms with van der Waals surface area (Å²) in [5, 5.41) is 3.91. The lowest BCUT2D eigenvalue weighted by molar-refractivity contribution is 0.302. The molecule has 0 aliphatic rings. The van der Waals surface area contributed by atoms with Crippen LogP contribution in [0.15, 0.2) is 66.7 Å².